The summed E-state index contributed by atoms with van der Waals surface area (Å²) in [7, 11) is 2.11. The molecule has 0 aliphatic heterocycles. The molecule has 17 heavy (non-hydrogen) atoms. The second-order valence-electron chi connectivity index (χ2n) is 4.62. The highest BCUT2D eigenvalue weighted by Crippen LogP contribution is 2.14. The fraction of sp³-hybridized carbons (Fsp3) is 0.467. The highest BCUT2D eigenvalue weighted by atomic mass is 15.1. The molecular formula is C15H24N2. The standard InChI is InChI=1S/C15H24N2/c1-5-10-16-11-14(3)12-17(4)15-8-6-13(2)7-9-15/h6-9,16H,3,5,10-12H2,1-2,4H3. The van der Waals surface area contributed by atoms with Crippen LogP contribution in [0.3, 0.4) is 0 Å². The highest BCUT2D eigenvalue weighted by molar-refractivity contribution is 5.47. The summed E-state index contributed by atoms with van der Waals surface area (Å²) in [6.07, 6.45) is 1.17. The summed E-state index contributed by atoms with van der Waals surface area (Å²) < 4.78 is 0. The predicted octanol–water partition coefficient (Wildman–Crippen LogP) is 2.99. The highest BCUT2D eigenvalue weighted by Gasteiger charge is 2.02. The molecule has 0 spiro atoms. The van der Waals surface area contributed by atoms with E-state index in [1.165, 1.54) is 23.2 Å². The average molecular weight is 232 g/mol. The summed E-state index contributed by atoms with van der Waals surface area (Å²) in [5.74, 6) is 0. The normalized spacial score (nSPS) is 10.3. The number of hydrogen-bond donors (Lipinski definition) is 1. The molecule has 0 aliphatic rings. The Kier molecular flexibility index (Phi) is 5.78. The summed E-state index contributed by atoms with van der Waals surface area (Å²) in [6, 6.07) is 8.60. The summed E-state index contributed by atoms with van der Waals surface area (Å²) in [5.41, 5.74) is 3.76. The summed E-state index contributed by atoms with van der Waals surface area (Å²) >= 11 is 0. The number of aryl methyl sites for hydroxylation is 1. The molecule has 0 heterocycles. The molecule has 0 atom stereocenters. The van der Waals surface area contributed by atoms with Crippen LogP contribution in [-0.2, 0) is 0 Å². The van der Waals surface area contributed by atoms with Gasteiger partial charge in [0, 0.05) is 25.8 Å². The van der Waals surface area contributed by atoms with E-state index in [9.17, 15) is 0 Å². The minimum atomic E-state index is 0.903. The Hall–Kier alpha value is -1.28. The topological polar surface area (TPSA) is 15.3 Å². The first-order chi connectivity index (χ1) is 8.13. The maximum Gasteiger partial charge on any atom is 0.0395 e. The molecule has 94 valence electrons. The molecule has 0 radical (unpaired) electrons. The first kappa shape index (κ1) is 13.8. The summed E-state index contributed by atoms with van der Waals surface area (Å²) in [4.78, 5) is 2.23. The van der Waals surface area contributed by atoms with Crippen molar-refractivity contribution < 1.29 is 0 Å². The summed E-state index contributed by atoms with van der Waals surface area (Å²) in [5, 5.41) is 3.37. The quantitative estimate of drug-likeness (QED) is 0.574. The van der Waals surface area contributed by atoms with Crippen molar-refractivity contribution in [2.75, 3.05) is 31.6 Å². The molecule has 1 rings (SSSR count). The second kappa shape index (κ2) is 7.13. The number of rotatable bonds is 7. The van der Waals surface area contributed by atoms with E-state index < -0.39 is 0 Å². The van der Waals surface area contributed by atoms with Crippen molar-refractivity contribution in [3.05, 3.63) is 42.0 Å². The van der Waals surface area contributed by atoms with Crippen LogP contribution in [0, 0.1) is 6.92 Å². The molecule has 1 aromatic carbocycles. The summed E-state index contributed by atoms with van der Waals surface area (Å²) in [6.45, 7) is 11.3. The van der Waals surface area contributed by atoms with Crippen molar-refractivity contribution in [1.82, 2.24) is 5.32 Å². The van der Waals surface area contributed by atoms with Crippen molar-refractivity contribution >= 4 is 5.69 Å². The van der Waals surface area contributed by atoms with Crippen LogP contribution in [0.1, 0.15) is 18.9 Å². The average Bonchev–Trinajstić information content (AvgIpc) is 2.30. The van der Waals surface area contributed by atoms with Crippen molar-refractivity contribution in [3.8, 4) is 0 Å². The van der Waals surface area contributed by atoms with E-state index in [4.69, 9.17) is 0 Å². The molecule has 0 saturated carbocycles. The van der Waals surface area contributed by atoms with Gasteiger partial charge in [-0.1, -0.05) is 31.2 Å². The molecule has 2 heteroatoms. The van der Waals surface area contributed by atoms with Gasteiger partial charge in [-0.25, -0.2) is 0 Å². The Morgan fingerprint density at radius 2 is 1.94 bits per heavy atom. The smallest absolute Gasteiger partial charge is 0.0395 e. The molecule has 1 aromatic rings. The maximum atomic E-state index is 4.11. The van der Waals surface area contributed by atoms with E-state index in [1.54, 1.807) is 0 Å². The molecular weight excluding hydrogens is 208 g/mol. The third-order valence-electron chi connectivity index (χ3n) is 2.74. The fourth-order valence-corrected chi connectivity index (χ4v) is 1.72. The van der Waals surface area contributed by atoms with Gasteiger partial charge in [-0.05, 0) is 37.6 Å². The van der Waals surface area contributed by atoms with Crippen molar-refractivity contribution in [2.45, 2.75) is 20.3 Å². The molecule has 0 unspecified atom stereocenters. The van der Waals surface area contributed by atoms with Crippen LogP contribution < -0.4 is 10.2 Å². The van der Waals surface area contributed by atoms with Crippen LogP contribution in [0.25, 0.3) is 0 Å². The zero-order valence-electron chi connectivity index (χ0n) is 11.3. The predicted molar refractivity (Wildman–Crippen MR) is 76.7 cm³/mol. The zero-order valence-corrected chi connectivity index (χ0v) is 11.3. The lowest BCUT2D eigenvalue weighted by atomic mass is 10.2. The molecule has 0 amide bonds. The molecule has 2 nitrogen and oxygen atoms in total. The van der Waals surface area contributed by atoms with Gasteiger partial charge >= 0.3 is 0 Å². The van der Waals surface area contributed by atoms with Gasteiger partial charge in [-0.15, -0.1) is 0 Å². The Bertz CT molecular complexity index is 340. The van der Waals surface area contributed by atoms with Gasteiger partial charge in [-0.2, -0.15) is 0 Å². The number of hydrogen-bond acceptors (Lipinski definition) is 2. The molecule has 0 saturated heterocycles. The van der Waals surface area contributed by atoms with Gasteiger partial charge in [0.25, 0.3) is 0 Å². The SMILES string of the molecule is C=C(CNCCC)CN(C)c1ccc(C)cc1. The van der Waals surface area contributed by atoms with Gasteiger partial charge in [0.15, 0.2) is 0 Å². The van der Waals surface area contributed by atoms with Gasteiger partial charge < -0.3 is 10.2 Å². The van der Waals surface area contributed by atoms with Gasteiger partial charge in [0.1, 0.15) is 0 Å². The van der Waals surface area contributed by atoms with Crippen molar-refractivity contribution in [2.24, 2.45) is 0 Å². The lowest BCUT2D eigenvalue weighted by Crippen LogP contribution is -2.26. The van der Waals surface area contributed by atoms with Crippen LogP contribution >= 0.6 is 0 Å². The van der Waals surface area contributed by atoms with E-state index in [0.717, 1.165) is 19.6 Å². The number of nitrogens with zero attached hydrogens (tertiary/aromatic N) is 1. The zero-order chi connectivity index (χ0) is 12.7. The lowest BCUT2D eigenvalue weighted by molar-refractivity contribution is 0.705. The monoisotopic (exact) mass is 232 g/mol. The Labute approximate surface area is 105 Å². The number of anilines is 1. The third kappa shape index (κ3) is 5.05. The van der Waals surface area contributed by atoms with Crippen molar-refractivity contribution in [1.29, 1.82) is 0 Å². The van der Waals surface area contributed by atoms with Crippen LogP contribution in [0.15, 0.2) is 36.4 Å². The molecule has 0 bridgehead atoms. The minimum Gasteiger partial charge on any atom is -0.371 e. The van der Waals surface area contributed by atoms with Crippen LogP contribution in [0.4, 0.5) is 5.69 Å². The maximum absolute atomic E-state index is 4.11. The van der Waals surface area contributed by atoms with E-state index in [-0.39, 0.29) is 0 Å². The largest absolute Gasteiger partial charge is 0.371 e. The van der Waals surface area contributed by atoms with Crippen LogP contribution in [0.2, 0.25) is 0 Å². The Morgan fingerprint density at radius 3 is 2.53 bits per heavy atom. The van der Waals surface area contributed by atoms with E-state index in [1.807, 2.05) is 0 Å². The van der Waals surface area contributed by atoms with E-state index in [0.29, 0.717) is 0 Å². The molecule has 0 fully saturated rings. The minimum absolute atomic E-state index is 0.903. The second-order valence-corrected chi connectivity index (χ2v) is 4.62. The van der Waals surface area contributed by atoms with Crippen LogP contribution in [0.5, 0.6) is 0 Å². The Balaban J connectivity index is 2.40. The van der Waals surface area contributed by atoms with Gasteiger partial charge in [-0.3, -0.25) is 0 Å². The van der Waals surface area contributed by atoms with Gasteiger partial charge in [0.2, 0.25) is 0 Å². The van der Waals surface area contributed by atoms with Crippen LogP contribution in [-0.4, -0.2) is 26.7 Å². The fourth-order valence-electron chi connectivity index (χ4n) is 1.72. The number of likely N-dealkylation sites (N-methyl/N-ethyl adjacent to an activating group) is 1. The molecule has 0 aromatic heterocycles. The molecule has 0 aliphatic carbocycles. The lowest BCUT2D eigenvalue weighted by Gasteiger charge is -2.21. The Morgan fingerprint density at radius 1 is 1.29 bits per heavy atom. The number of nitrogens with one attached hydrogen (secondary N) is 1. The first-order valence-electron chi connectivity index (χ1n) is 6.28. The van der Waals surface area contributed by atoms with E-state index >= 15 is 0 Å². The number of benzene rings is 1. The van der Waals surface area contributed by atoms with E-state index in [2.05, 4.69) is 62.0 Å². The molecule has 1 N–H and O–H groups in total. The van der Waals surface area contributed by atoms with Crippen molar-refractivity contribution in [3.63, 3.8) is 0 Å². The first-order valence-corrected chi connectivity index (χ1v) is 6.28. The third-order valence-corrected chi connectivity index (χ3v) is 2.74. The van der Waals surface area contributed by atoms with Gasteiger partial charge in [0.05, 0.1) is 0 Å².